The number of nitrogens with zero attached hydrogens (tertiary/aromatic N) is 2. The number of oxime groups is 1. The lowest BCUT2D eigenvalue weighted by atomic mass is 10.2. The third-order valence-electron chi connectivity index (χ3n) is 1.64. The van der Waals surface area contributed by atoms with Gasteiger partial charge in [0.25, 0.3) is 0 Å². The zero-order valence-corrected chi connectivity index (χ0v) is 8.69. The highest BCUT2D eigenvalue weighted by Gasteiger charge is 1.99. The molecule has 0 radical (unpaired) electrons. The maximum atomic E-state index is 8.55. The molecule has 0 bridgehead atoms. The average Bonchev–Trinajstić information content (AvgIpc) is 2.27. The molecule has 4 nitrogen and oxygen atoms in total. The van der Waals surface area contributed by atoms with E-state index in [2.05, 4.69) is 26.8 Å². The SMILES string of the molecule is CO/N=C(/C)c1cccc(C#CCO)n1. The molecule has 0 unspecified atom stereocenters. The normalized spacial score (nSPS) is 10.5. The van der Waals surface area contributed by atoms with E-state index in [1.165, 1.54) is 7.11 Å². The van der Waals surface area contributed by atoms with E-state index in [0.29, 0.717) is 17.1 Å². The van der Waals surface area contributed by atoms with Crippen LogP contribution in [0.2, 0.25) is 0 Å². The van der Waals surface area contributed by atoms with Crippen LogP contribution < -0.4 is 0 Å². The van der Waals surface area contributed by atoms with Crippen molar-refractivity contribution in [1.29, 1.82) is 0 Å². The lowest BCUT2D eigenvalue weighted by Crippen LogP contribution is -2.00. The molecule has 4 heteroatoms. The molecule has 0 aliphatic rings. The second-order valence-corrected chi connectivity index (χ2v) is 2.73. The summed E-state index contributed by atoms with van der Waals surface area (Å²) in [5.41, 5.74) is 2.00. The molecule has 1 aromatic rings. The minimum Gasteiger partial charge on any atom is -0.399 e. The molecular formula is C11H12N2O2. The van der Waals surface area contributed by atoms with Crippen molar-refractivity contribution in [2.45, 2.75) is 6.92 Å². The number of pyridine rings is 1. The zero-order valence-electron chi connectivity index (χ0n) is 8.69. The summed E-state index contributed by atoms with van der Waals surface area (Å²) in [6.45, 7) is 1.63. The first-order valence-corrected chi connectivity index (χ1v) is 4.43. The maximum Gasteiger partial charge on any atom is 0.114 e. The summed E-state index contributed by atoms with van der Waals surface area (Å²) < 4.78 is 0. The Morgan fingerprint density at radius 2 is 2.40 bits per heavy atom. The quantitative estimate of drug-likeness (QED) is 0.440. The molecule has 0 fully saturated rings. The molecule has 1 rings (SSSR count). The van der Waals surface area contributed by atoms with Crippen LogP contribution >= 0.6 is 0 Å². The Labute approximate surface area is 88.6 Å². The molecule has 0 amide bonds. The van der Waals surface area contributed by atoms with Crippen molar-refractivity contribution in [3.8, 4) is 11.8 Å². The monoisotopic (exact) mass is 204 g/mol. The van der Waals surface area contributed by atoms with E-state index in [1.54, 1.807) is 13.0 Å². The summed E-state index contributed by atoms with van der Waals surface area (Å²) in [7, 11) is 1.49. The second-order valence-electron chi connectivity index (χ2n) is 2.73. The van der Waals surface area contributed by atoms with Gasteiger partial charge in [-0.15, -0.1) is 0 Å². The number of aliphatic hydroxyl groups is 1. The maximum absolute atomic E-state index is 8.55. The van der Waals surface area contributed by atoms with Crippen LogP contribution in [-0.2, 0) is 4.84 Å². The highest BCUT2D eigenvalue weighted by molar-refractivity contribution is 5.96. The summed E-state index contributed by atoms with van der Waals surface area (Å²) in [6, 6.07) is 5.42. The van der Waals surface area contributed by atoms with Crippen LogP contribution in [0, 0.1) is 11.8 Å². The summed E-state index contributed by atoms with van der Waals surface area (Å²) in [5, 5.41) is 12.3. The van der Waals surface area contributed by atoms with Crippen LogP contribution in [0.3, 0.4) is 0 Å². The predicted molar refractivity (Wildman–Crippen MR) is 57.4 cm³/mol. The van der Waals surface area contributed by atoms with Crippen LogP contribution in [0.5, 0.6) is 0 Å². The van der Waals surface area contributed by atoms with Gasteiger partial charge in [0.15, 0.2) is 0 Å². The highest BCUT2D eigenvalue weighted by Crippen LogP contribution is 2.00. The van der Waals surface area contributed by atoms with Crippen LogP contribution in [0.1, 0.15) is 18.3 Å². The smallest absolute Gasteiger partial charge is 0.114 e. The van der Waals surface area contributed by atoms with Gasteiger partial charge in [0, 0.05) is 0 Å². The van der Waals surface area contributed by atoms with Crippen molar-refractivity contribution in [3.05, 3.63) is 29.6 Å². The third kappa shape index (κ3) is 3.41. The fraction of sp³-hybridized carbons (Fsp3) is 0.273. The first-order valence-electron chi connectivity index (χ1n) is 4.43. The van der Waals surface area contributed by atoms with Crippen LogP contribution in [0.25, 0.3) is 0 Å². The van der Waals surface area contributed by atoms with E-state index >= 15 is 0 Å². The van der Waals surface area contributed by atoms with Gasteiger partial charge in [0.05, 0.1) is 5.69 Å². The van der Waals surface area contributed by atoms with Crippen LogP contribution in [-0.4, -0.2) is 29.5 Å². The van der Waals surface area contributed by atoms with Gasteiger partial charge in [0.2, 0.25) is 0 Å². The molecule has 1 N–H and O–H groups in total. The molecular weight excluding hydrogens is 192 g/mol. The van der Waals surface area contributed by atoms with Gasteiger partial charge in [-0.25, -0.2) is 4.98 Å². The second kappa shape index (κ2) is 5.78. The molecule has 0 saturated carbocycles. The molecule has 1 aromatic heterocycles. The molecule has 0 aliphatic carbocycles. The average molecular weight is 204 g/mol. The van der Waals surface area contributed by atoms with Gasteiger partial charge < -0.3 is 9.94 Å². The van der Waals surface area contributed by atoms with Gasteiger partial charge in [-0.1, -0.05) is 17.1 Å². The van der Waals surface area contributed by atoms with Crippen molar-refractivity contribution in [3.63, 3.8) is 0 Å². The molecule has 1 heterocycles. The molecule has 0 atom stereocenters. The molecule has 78 valence electrons. The fourth-order valence-electron chi connectivity index (χ4n) is 1.02. The summed E-state index contributed by atoms with van der Waals surface area (Å²) >= 11 is 0. The lowest BCUT2D eigenvalue weighted by molar-refractivity contribution is 0.213. The highest BCUT2D eigenvalue weighted by atomic mass is 16.6. The van der Waals surface area contributed by atoms with E-state index in [9.17, 15) is 0 Å². The standard InChI is InChI=1S/C11H12N2O2/c1-9(13-15-2)11-7-3-5-10(12-11)6-4-8-14/h3,5,7,14H,8H2,1-2H3/b13-9-. The molecule has 15 heavy (non-hydrogen) atoms. The first-order chi connectivity index (χ1) is 7.27. The Kier molecular flexibility index (Phi) is 4.32. The van der Waals surface area contributed by atoms with Gasteiger partial charge in [-0.2, -0.15) is 0 Å². The van der Waals surface area contributed by atoms with Gasteiger partial charge in [-0.3, -0.25) is 0 Å². The number of aromatic nitrogens is 1. The molecule has 0 spiro atoms. The fourth-order valence-corrected chi connectivity index (χ4v) is 1.02. The van der Waals surface area contributed by atoms with E-state index in [0.717, 1.165) is 0 Å². The molecule has 0 aliphatic heterocycles. The number of hydrogen-bond donors (Lipinski definition) is 1. The van der Waals surface area contributed by atoms with E-state index < -0.39 is 0 Å². The number of rotatable bonds is 2. The number of hydrogen-bond acceptors (Lipinski definition) is 4. The van der Waals surface area contributed by atoms with Crippen LogP contribution in [0.4, 0.5) is 0 Å². The summed E-state index contributed by atoms with van der Waals surface area (Å²) in [4.78, 5) is 8.88. The van der Waals surface area contributed by atoms with Crippen molar-refractivity contribution >= 4 is 5.71 Å². The van der Waals surface area contributed by atoms with Gasteiger partial charge in [0.1, 0.15) is 25.1 Å². The Balaban J connectivity index is 2.97. The summed E-state index contributed by atoms with van der Waals surface area (Å²) in [5.74, 6) is 5.26. The van der Waals surface area contributed by atoms with Crippen molar-refractivity contribution < 1.29 is 9.94 Å². The topological polar surface area (TPSA) is 54.7 Å². The molecule has 0 aromatic carbocycles. The minimum atomic E-state index is -0.170. The first kappa shape index (κ1) is 11.2. The Bertz CT molecular complexity index is 416. The zero-order chi connectivity index (χ0) is 11.1. The van der Waals surface area contributed by atoms with E-state index in [-0.39, 0.29) is 6.61 Å². The van der Waals surface area contributed by atoms with Crippen molar-refractivity contribution in [2.75, 3.05) is 13.7 Å². The Morgan fingerprint density at radius 1 is 1.60 bits per heavy atom. The predicted octanol–water partition coefficient (Wildman–Crippen LogP) is 0.796. The van der Waals surface area contributed by atoms with Gasteiger partial charge in [-0.05, 0) is 25.0 Å². The Hall–Kier alpha value is -1.86. The van der Waals surface area contributed by atoms with Crippen molar-refractivity contribution in [2.24, 2.45) is 5.16 Å². The lowest BCUT2D eigenvalue weighted by Gasteiger charge is -1.98. The van der Waals surface area contributed by atoms with Crippen molar-refractivity contribution in [1.82, 2.24) is 4.98 Å². The number of aliphatic hydroxyl groups excluding tert-OH is 1. The van der Waals surface area contributed by atoms with Gasteiger partial charge >= 0.3 is 0 Å². The minimum absolute atomic E-state index is 0.170. The summed E-state index contributed by atoms with van der Waals surface area (Å²) in [6.07, 6.45) is 0. The third-order valence-corrected chi connectivity index (χ3v) is 1.64. The Morgan fingerprint density at radius 3 is 3.07 bits per heavy atom. The van der Waals surface area contributed by atoms with Crippen LogP contribution in [0.15, 0.2) is 23.4 Å². The largest absolute Gasteiger partial charge is 0.399 e. The van der Waals surface area contributed by atoms with E-state index in [4.69, 9.17) is 5.11 Å². The molecule has 0 saturated heterocycles. The van der Waals surface area contributed by atoms with E-state index in [1.807, 2.05) is 12.1 Å².